The molecule has 1 fully saturated rings. The number of aliphatic hydroxyl groups excluding tert-OH is 1. The summed E-state index contributed by atoms with van der Waals surface area (Å²) in [5.41, 5.74) is 0. The van der Waals surface area contributed by atoms with Gasteiger partial charge in [-0.1, -0.05) is 6.42 Å². The highest BCUT2D eigenvalue weighted by Crippen LogP contribution is 2.23. The SMILES string of the molecule is CC(C)NC(=O)C(C)NCC1CCCC(O)C1. The Bertz CT molecular complexity index is 244. The molecule has 0 heterocycles. The summed E-state index contributed by atoms with van der Waals surface area (Å²) in [6, 6.07) is 0.0275. The fraction of sp³-hybridized carbons (Fsp3) is 0.923. The summed E-state index contributed by atoms with van der Waals surface area (Å²) in [5, 5.41) is 15.7. The summed E-state index contributed by atoms with van der Waals surface area (Å²) >= 11 is 0. The van der Waals surface area contributed by atoms with Crippen molar-refractivity contribution < 1.29 is 9.90 Å². The second-order valence-corrected chi connectivity index (χ2v) is 5.48. The topological polar surface area (TPSA) is 61.4 Å². The monoisotopic (exact) mass is 242 g/mol. The molecular formula is C13H26N2O2. The minimum absolute atomic E-state index is 0.0522. The highest BCUT2D eigenvalue weighted by Gasteiger charge is 2.21. The molecule has 1 saturated carbocycles. The molecule has 0 aliphatic heterocycles. The Balaban J connectivity index is 2.22. The Morgan fingerprint density at radius 3 is 2.65 bits per heavy atom. The van der Waals surface area contributed by atoms with Crippen molar-refractivity contribution in [3.63, 3.8) is 0 Å². The molecule has 1 rings (SSSR count). The average Bonchev–Trinajstić information content (AvgIpc) is 2.25. The van der Waals surface area contributed by atoms with Crippen LogP contribution in [-0.4, -0.2) is 35.7 Å². The smallest absolute Gasteiger partial charge is 0.237 e. The number of hydrogen-bond donors (Lipinski definition) is 3. The number of aliphatic hydroxyl groups is 1. The molecule has 4 heteroatoms. The van der Waals surface area contributed by atoms with Crippen molar-refractivity contribution in [3.05, 3.63) is 0 Å². The van der Waals surface area contributed by atoms with Gasteiger partial charge in [-0.25, -0.2) is 0 Å². The van der Waals surface area contributed by atoms with E-state index in [0.29, 0.717) is 5.92 Å². The molecule has 1 aliphatic rings. The first-order valence-electron chi connectivity index (χ1n) is 6.71. The van der Waals surface area contributed by atoms with E-state index in [2.05, 4.69) is 10.6 Å². The molecule has 3 atom stereocenters. The first kappa shape index (κ1) is 14.5. The second-order valence-electron chi connectivity index (χ2n) is 5.48. The third-order valence-corrected chi connectivity index (χ3v) is 3.29. The highest BCUT2D eigenvalue weighted by molar-refractivity contribution is 5.81. The van der Waals surface area contributed by atoms with Gasteiger partial charge in [0.15, 0.2) is 0 Å². The molecule has 0 saturated heterocycles. The van der Waals surface area contributed by atoms with Crippen LogP contribution in [0.25, 0.3) is 0 Å². The Labute approximate surface area is 104 Å². The van der Waals surface area contributed by atoms with Crippen molar-refractivity contribution in [2.24, 2.45) is 5.92 Å². The molecule has 0 aromatic heterocycles. The van der Waals surface area contributed by atoms with Gasteiger partial charge in [0, 0.05) is 6.04 Å². The first-order valence-corrected chi connectivity index (χ1v) is 6.71. The average molecular weight is 242 g/mol. The first-order chi connectivity index (χ1) is 7.99. The Kier molecular flexibility index (Phi) is 5.92. The summed E-state index contributed by atoms with van der Waals surface area (Å²) in [6.45, 7) is 6.63. The molecule has 100 valence electrons. The van der Waals surface area contributed by atoms with Crippen LogP contribution in [0.3, 0.4) is 0 Å². The van der Waals surface area contributed by atoms with Gasteiger partial charge in [0.25, 0.3) is 0 Å². The van der Waals surface area contributed by atoms with E-state index >= 15 is 0 Å². The van der Waals surface area contributed by atoms with E-state index in [1.807, 2.05) is 20.8 Å². The Morgan fingerprint density at radius 1 is 1.35 bits per heavy atom. The maximum Gasteiger partial charge on any atom is 0.237 e. The number of nitrogens with one attached hydrogen (secondary N) is 2. The predicted molar refractivity (Wildman–Crippen MR) is 68.7 cm³/mol. The predicted octanol–water partition coefficient (Wildman–Crippen LogP) is 1.04. The van der Waals surface area contributed by atoms with Crippen LogP contribution in [0.5, 0.6) is 0 Å². The minimum Gasteiger partial charge on any atom is -0.393 e. The van der Waals surface area contributed by atoms with Crippen LogP contribution in [0.1, 0.15) is 46.5 Å². The zero-order valence-corrected chi connectivity index (χ0v) is 11.2. The van der Waals surface area contributed by atoms with Crippen LogP contribution < -0.4 is 10.6 Å². The van der Waals surface area contributed by atoms with Gasteiger partial charge in [0.05, 0.1) is 12.1 Å². The van der Waals surface area contributed by atoms with Gasteiger partial charge >= 0.3 is 0 Å². The fourth-order valence-electron chi connectivity index (χ4n) is 2.29. The number of amides is 1. The summed E-state index contributed by atoms with van der Waals surface area (Å²) in [4.78, 5) is 11.7. The van der Waals surface area contributed by atoms with Gasteiger partial charge < -0.3 is 15.7 Å². The number of carbonyl (C=O) groups excluding carboxylic acids is 1. The van der Waals surface area contributed by atoms with E-state index in [0.717, 1.165) is 32.2 Å². The molecule has 17 heavy (non-hydrogen) atoms. The van der Waals surface area contributed by atoms with E-state index in [-0.39, 0.29) is 24.1 Å². The Hall–Kier alpha value is -0.610. The molecule has 3 N–H and O–H groups in total. The van der Waals surface area contributed by atoms with Crippen molar-refractivity contribution >= 4 is 5.91 Å². The summed E-state index contributed by atoms with van der Waals surface area (Å²) in [6.07, 6.45) is 3.91. The maximum absolute atomic E-state index is 11.7. The van der Waals surface area contributed by atoms with Gasteiger partial charge in [-0.05, 0) is 52.5 Å². The van der Waals surface area contributed by atoms with Crippen LogP contribution in [0.2, 0.25) is 0 Å². The molecule has 0 bridgehead atoms. The lowest BCUT2D eigenvalue weighted by molar-refractivity contribution is -0.123. The molecule has 0 radical (unpaired) electrons. The van der Waals surface area contributed by atoms with Crippen LogP contribution >= 0.6 is 0 Å². The van der Waals surface area contributed by atoms with Crippen molar-refractivity contribution in [3.8, 4) is 0 Å². The summed E-state index contributed by atoms with van der Waals surface area (Å²) in [7, 11) is 0. The standard InChI is InChI=1S/C13H26N2O2/c1-9(2)15-13(17)10(3)14-8-11-5-4-6-12(16)7-11/h9-12,14,16H,4-8H2,1-3H3,(H,15,17). The van der Waals surface area contributed by atoms with Crippen LogP contribution in [0.15, 0.2) is 0 Å². The molecule has 1 amide bonds. The summed E-state index contributed by atoms with van der Waals surface area (Å²) < 4.78 is 0. The molecule has 0 spiro atoms. The number of carbonyl (C=O) groups is 1. The summed E-state index contributed by atoms with van der Waals surface area (Å²) in [5.74, 6) is 0.560. The van der Waals surface area contributed by atoms with Crippen LogP contribution in [-0.2, 0) is 4.79 Å². The van der Waals surface area contributed by atoms with Crippen molar-refractivity contribution in [2.45, 2.75) is 64.6 Å². The molecular weight excluding hydrogens is 216 g/mol. The van der Waals surface area contributed by atoms with E-state index in [4.69, 9.17) is 0 Å². The fourth-order valence-corrected chi connectivity index (χ4v) is 2.29. The van der Waals surface area contributed by atoms with Crippen molar-refractivity contribution in [1.29, 1.82) is 0 Å². The van der Waals surface area contributed by atoms with Crippen LogP contribution in [0, 0.1) is 5.92 Å². The molecule has 3 unspecified atom stereocenters. The molecule has 4 nitrogen and oxygen atoms in total. The van der Waals surface area contributed by atoms with E-state index in [1.54, 1.807) is 0 Å². The molecule has 0 aromatic rings. The third kappa shape index (κ3) is 5.50. The highest BCUT2D eigenvalue weighted by atomic mass is 16.3. The quantitative estimate of drug-likeness (QED) is 0.675. The van der Waals surface area contributed by atoms with Gasteiger partial charge in [-0.2, -0.15) is 0 Å². The maximum atomic E-state index is 11.7. The lowest BCUT2D eigenvalue weighted by atomic mass is 9.87. The zero-order chi connectivity index (χ0) is 12.8. The van der Waals surface area contributed by atoms with Crippen molar-refractivity contribution in [1.82, 2.24) is 10.6 Å². The van der Waals surface area contributed by atoms with E-state index in [1.165, 1.54) is 0 Å². The lowest BCUT2D eigenvalue weighted by Crippen LogP contribution is -2.46. The Morgan fingerprint density at radius 2 is 2.06 bits per heavy atom. The largest absolute Gasteiger partial charge is 0.393 e. The molecule has 1 aliphatic carbocycles. The minimum atomic E-state index is -0.156. The van der Waals surface area contributed by atoms with E-state index in [9.17, 15) is 9.90 Å². The lowest BCUT2D eigenvalue weighted by Gasteiger charge is -2.27. The van der Waals surface area contributed by atoms with Gasteiger partial charge in [0.2, 0.25) is 5.91 Å². The normalized spacial score (nSPS) is 26.9. The van der Waals surface area contributed by atoms with Crippen molar-refractivity contribution in [2.75, 3.05) is 6.54 Å². The second kappa shape index (κ2) is 6.97. The molecule has 0 aromatic carbocycles. The van der Waals surface area contributed by atoms with Crippen LogP contribution in [0.4, 0.5) is 0 Å². The number of rotatable bonds is 5. The van der Waals surface area contributed by atoms with Gasteiger partial charge in [0.1, 0.15) is 0 Å². The number of hydrogen-bond acceptors (Lipinski definition) is 3. The third-order valence-electron chi connectivity index (χ3n) is 3.29. The van der Waals surface area contributed by atoms with Gasteiger partial charge in [-0.3, -0.25) is 4.79 Å². The van der Waals surface area contributed by atoms with Gasteiger partial charge in [-0.15, -0.1) is 0 Å². The van der Waals surface area contributed by atoms with E-state index < -0.39 is 0 Å². The zero-order valence-electron chi connectivity index (χ0n) is 11.2.